The molecule has 0 radical (unpaired) electrons. The number of hydrogen-bond donors (Lipinski definition) is 1. The first-order valence-electron chi connectivity index (χ1n) is 8.62. The Morgan fingerprint density at radius 3 is 2.74 bits per heavy atom. The molecule has 0 bridgehead atoms. The molecule has 27 heavy (non-hydrogen) atoms. The third-order valence-electron chi connectivity index (χ3n) is 4.35. The highest BCUT2D eigenvalue weighted by Crippen LogP contribution is 2.28. The fourth-order valence-corrected chi connectivity index (χ4v) is 2.98. The number of aromatic nitrogens is 4. The van der Waals surface area contributed by atoms with E-state index in [0.717, 1.165) is 0 Å². The molecule has 0 aliphatic heterocycles. The SMILES string of the molecule is Cc1noc(C)c1NC(=O)c1cc(-c2ccco2)nc2c1cnn2C(C)C. The van der Waals surface area contributed by atoms with E-state index in [1.54, 1.807) is 49.2 Å². The predicted molar refractivity (Wildman–Crippen MR) is 99.5 cm³/mol. The van der Waals surface area contributed by atoms with E-state index in [1.165, 1.54) is 0 Å². The van der Waals surface area contributed by atoms with Crippen LogP contribution in [0.2, 0.25) is 0 Å². The Morgan fingerprint density at radius 2 is 2.11 bits per heavy atom. The van der Waals surface area contributed by atoms with Gasteiger partial charge in [-0.1, -0.05) is 5.16 Å². The van der Waals surface area contributed by atoms with Crippen molar-refractivity contribution in [3.8, 4) is 11.5 Å². The van der Waals surface area contributed by atoms with Crippen molar-refractivity contribution in [2.45, 2.75) is 33.7 Å². The van der Waals surface area contributed by atoms with Crippen LogP contribution in [0.25, 0.3) is 22.5 Å². The fraction of sp³-hybridized carbons (Fsp3) is 0.263. The van der Waals surface area contributed by atoms with Gasteiger partial charge in [-0.15, -0.1) is 0 Å². The van der Waals surface area contributed by atoms with E-state index in [4.69, 9.17) is 8.94 Å². The molecule has 8 heteroatoms. The number of nitrogens with zero attached hydrogens (tertiary/aromatic N) is 4. The van der Waals surface area contributed by atoms with Crippen LogP contribution in [0.3, 0.4) is 0 Å². The summed E-state index contributed by atoms with van der Waals surface area (Å²) in [4.78, 5) is 17.7. The number of aryl methyl sites for hydroxylation is 2. The Morgan fingerprint density at radius 1 is 1.30 bits per heavy atom. The molecule has 0 spiro atoms. The van der Waals surface area contributed by atoms with Crippen molar-refractivity contribution in [3.05, 3.63) is 47.7 Å². The Bertz CT molecular complexity index is 1100. The second-order valence-corrected chi connectivity index (χ2v) is 6.61. The van der Waals surface area contributed by atoms with Gasteiger partial charge in [0.05, 0.1) is 23.4 Å². The van der Waals surface area contributed by atoms with E-state index < -0.39 is 0 Å². The number of amides is 1. The highest BCUT2D eigenvalue weighted by Gasteiger charge is 2.21. The molecular formula is C19H19N5O3. The first-order valence-corrected chi connectivity index (χ1v) is 8.62. The van der Waals surface area contributed by atoms with E-state index >= 15 is 0 Å². The summed E-state index contributed by atoms with van der Waals surface area (Å²) < 4.78 is 12.4. The Labute approximate surface area is 155 Å². The number of carbonyl (C=O) groups is 1. The number of carbonyl (C=O) groups excluding carboxylic acids is 1. The molecule has 8 nitrogen and oxygen atoms in total. The summed E-state index contributed by atoms with van der Waals surface area (Å²) in [6.07, 6.45) is 3.24. The predicted octanol–water partition coefficient (Wildman–Crippen LogP) is 4.13. The van der Waals surface area contributed by atoms with Crippen LogP contribution in [-0.2, 0) is 0 Å². The average molecular weight is 365 g/mol. The smallest absolute Gasteiger partial charge is 0.256 e. The summed E-state index contributed by atoms with van der Waals surface area (Å²) in [7, 11) is 0. The van der Waals surface area contributed by atoms with Crippen LogP contribution in [-0.4, -0.2) is 25.8 Å². The minimum atomic E-state index is -0.284. The van der Waals surface area contributed by atoms with Crippen LogP contribution < -0.4 is 5.32 Å². The quantitative estimate of drug-likeness (QED) is 0.584. The topological polar surface area (TPSA) is 99.0 Å². The van der Waals surface area contributed by atoms with E-state index in [-0.39, 0.29) is 11.9 Å². The van der Waals surface area contributed by atoms with E-state index in [2.05, 4.69) is 20.6 Å². The number of rotatable bonds is 4. The standard InChI is InChI=1S/C19H19N5O3/c1-10(2)24-18-14(9-20-24)13(8-15(21-18)16-6-5-7-26-16)19(25)22-17-11(3)23-27-12(17)4/h5-10H,1-4H3,(H,22,25). The van der Waals surface area contributed by atoms with Gasteiger partial charge in [0.15, 0.2) is 17.2 Å². The van der Waals surface area contributed by atoms with Crippen LogP contribution in [0.4, 0.5) is 5.69 Å². The molecule has 4 aromatic rings. The van der Waals surface area contributed by atoms with Crippen molar-refractivity contribution < 1.29 is 13.7 Å². The number of furan rings is 1. The first-order chi connectivity index (χ1) is 13.0. The van der Waals surface area contributed by atoms with Crippen LogP contribution in [0.15, 0.2) is 39.6 Å². The number of nitrogens with one attached hydrogen (secondary N) is 1. The maximum Gasteiger partial charge on any atom is 0.256 e. The molecule has 0 fully saturated rings. The molecule has 0 saturated heterocycles. The van der Waals surface area contributed by atoms with Gasteiger partial charge in [0.1, 0.15) is 17.1 Å². The number of fused-ring (bicyclic) bond motifs is 1. The van der Waals surface area contributed by atoms with Crippen LogP contribution in [0, 0.1) is 13.8 Å². The molecule has 0 aliphatic rings. The molecule has 0 unspecified atom stereocenters. The highest BCUT2D eigenvalue weighted by atomic mass is 16.5. The lowest BCUT2D eigenvalue weighted by Gasteiger charge is -2.10. The van der Waals surface area contributed by atoms with Gasteiger partial charge in [-0.05, 0) is 45.9 Å². The zero-order valence-electron chi connectivity index (χ0n) is 15.5. The largest absolute Gasteiger partial charge is 0.463 e. The third kappa shape index (κ3) is 2.88. The Kier molecular flexibility index (Phi) is 4.02. The lowest BCUT2D eigenvalue weighted by atomic mass is 10.1. The zero-order valence-corrected chi connectivity index (χ0v) is 15.5. The van der Waals surface area contributed by atoms with Gasteiger partial charge in [0, 0.05) is 6.04 Å². The van der Waals surface area contributed by atoms with E-state index in [9.17, 15) is 4.79 Å². The number of anilines is 1. The van der Waals surface area contributed by atoms with Gasteiger partial charge in [-0.2, -0.15) is 5.10 Å². The molecule has 4 rings (SSSR count). The summed E-state index contributed by atoms with van der Waals surface area (Å²) in [6.45, 7) is 7.55. The molecule has 1 N–H and O–H groups in total. The van der Waals surface area contributed by atoms with Crippen molar-refractivity contribution in [2.75, 3.05) is 5.32 Å². The van der Waals surface area contributed by atoms with Crippen molar-refractivity contribution in [1.29, 1.82) is 0 Å². The number of hydrogen-bond acceptors (Lipinski definition) is 6. The second kappa shape index (κ2) is 6.39. The van der Waals surface area contributed by atoms with Crippen LogP contribution >= 0.6 is 0 Å². The average Bonchev–Trinajstić information content (AvgIpc) is 3.37. The molecule has 138 valence electrons. The summed E-state index contributed by atoms with van der Waals surface area (Å²) >= 11 is 0. The summed E-state index contributed by atoms with van der Waals surface area (Å²) in [5.74, 6) is 0.850. The molecule has 4 aromatic heterocycles. The summed E-state index contributed by atoms with van der Waals surface area (Å²) in [5, 5.41) is 11.8. The second-order valence-electron chi connectivity index (χ2n) is 6.61. The molecule has 0 aromatic carbocycles. The van der Waals surface area contributed by atoms with Gasteiger partial charge in [-0.3, -0.25) is 4.79 Å². The fourth-order valence-electron chi connectivity index (χ4n) is 2.98. The van der Waals surface area contributed by atoms with Gasteiger partial charge in [-0.25, -0.2) is 9.67 Å². The maximum atomic E-state index is 13.1. The van der Waals surface area contributed by atoms with Crippen molar-refractivity contribution in [2.24, 2.45) is 0 Å². The van der Waals surface area contributed by atoms with Crippen LogP contribution in [0.1, 0.15) is 41.7 Å². The summed E-state index contributed by atoms with van der Waals surface area (Å²) in [5.41, 5.74) is 2.84. The zero-order chi connectivity index (χ0) is 19.1. The highest BCUT2D eigenvalue weighted by molar-refractivity contribution is 6.12. The monoisotopic (exact) mass is 365 g/mol. The molecule has 0 atom stereocenters. The van der Waals surface area contributed by atoms with Crippen molar-refractivity contribution in [1.82, 2.24) is 19.9 Å². The minimum Gasteiger partial charge on any atom is -0.463 e. The molecule has 1 amide bonds. The third-order valence-corrected chi connectivity index (χ3v) is 4.35. The summed E-state index contributed by atoms with van der Waals surface area (Å²) in [6, 6.07) is 5.39. The molecule has 4 heterocycles. The molecule has 0 saturated carbocycles. The van der Waals surface area contributed by atoms with Gasteiger partial charge >= 0.3 is 0 Å². The maximum absolute atomic E-state index is 13.1. The van der Waals surface area contributed by atoms with Crippen molar-refractivity contribution in [3.63, 3.8) is 0 Å². The van der Waals surface area contributed by atoms with Gasteiger partial charge < -0.3 is 14.3 Å². The number of pyridine rings is 1. The normalized spacial score (nSPS) is 11.4. The van der Waals surface area contributed by atoms with E-state index in [0.29, 0.717) is 45.2 Å². The first kappa shape index (κ1) is 17.0. The molecule has 0 aliphatic carbocycles. The van der Waals surface area contributed by atoms with Crippen LogP contribution in [0.5, 0.6) is 0 Å². The lowest BCUT2D eigenvalue weighted by Crippen LogP contribution is -2.14. The molecular weight excluding hydrogens is 346 g/mol. The van der Waals surface area contributed by atoms with Crippen molar-refractivity contribution >= 4 is 22.6 Å². The lowest BCUT2D eigenvalue weighted by molar-refractivity contribution is 0.102. The Hall–Kier alpha value is -3.42. The minimum absolute atomic E-state index is 0.0975. The van der Waals surface area contributed by atoms with Gasteiger partial charge in [0.2, 0.25) is 0 Å². The van der Waals surface area contributed by atoms with E-state index in [1.807, 2.05) is 13.8 Å². The van der Waals surface area contributed by atoms with Gasteiger partial charge in [0.25, 0.3) is 5.91 Å². The Balaban J connectivity index is 1.87.